The molecule has 5 nitrogen and oxygen atoms in total. The maximum absolute atomic E-state index is 5.64. The molecular formula is C10H19N5S. The van der Waals surface area contributed by atoms with Crippen LogP contribution < -0.4 is 10.6 Å². The first-order chi connectivity index (χ1) is 7.79. The quantitative estimate of drug-likeness (QED) is 0.819. The van der Waals surface area contributed by atoms with Gasteiger partial charge < -0.3 is 10.6 Å². The van der Waals surface area contributed by atoms with Gasteiger partial charge in [0.25, 0.3) is 0 Å². The van der Waals surface area contributed by atoms with Gasteiger partial charge in [-0.1, -0.05) is 18.3 Å². The highest BCUT2D eigenvalue weighted by atomic mass is 32.1. The van der Waals surface area contributed by atoms with Crippen molar-refractivity contribution in [1.82, 2.24) is 15.1 Å². The Morgan fingerprint density at radius 3 is 2.75 bits per heavy atom. The lowest BCUT2D eigenvalue weighted by Crippen LogP contribution is -2.48. The molecule has 16 heavy (non-hydrogen) atoms. The van der Waals surface area contributed by atoms with Gasteiger partial charge in [0, 0.05) is 32.7 Å². The summed E-state index contributed by atoms with van der Waals surface area (Å²) >= 11 is 1.61. The third kappa shape index (κ3) is 2.90. The van der Waals surface area contributed by atoms with Crippen LogP contribution in [0.4, 0.5) is 5.13 Å². The number of anilines is 1. The first kappa shape index (κ1) is 11.8. The lowest BCUT2D eigenvalue weighted by atomic mass is 10.1. The maximum atomic E-state index is 5.64. The summed E-state index contributed by atoms with van der Waals surface area (Å²) in [5.74, 6) is 0.591. The second-order valence-electron chi connectivity index (χ2n) is 4.35. The summed E-state index contributed by atoms with van der Waals surface area (Å²) in [4.78, 5) is 4.79. The predicted octanol–water partition coefficient (Wildman–Crippen LogP) is 0.255. The van der Waals surface area contributed by atoms with Gasteiger partial charge in [0.05, 0.1) is 0 Å². The standard InChI is InChI=1S/C10H19N5S/c1-9(6-11)7-14-2-4-15(5-3-14)10-13-12-8-16-10/h8-9H,2-7,11H2,1H3. The van der Waals surface area contributed by atoms with E-state index in [1.807, 2.05) is 0 Å². The summed E-state index contributed by atoms with van der Waals surface area (Å²) in [6.45, 7) is 8.39. The minimum absolute atomic E-state index is 0.591. The SMILES string of the molecule is CC(CN)CN1CCN(c2nncs2)CC1. The number of aromatic nitrogens is 2. The van der Waals surface area contributed by atoms with Gasteiger partial charge in [0.2, 0.25) is 5.13 Å². The van der Waals surface area contributed by atoms with Crippen LogP contribution in [-0.2, 0) is 0 Å². The largest absolute Gasteiger partial charge is 0.344 e. The zero-order valence-corrected chi connectivity index (χ0v) is 10.5. The van der Waals surface area contributed by atoms with E-state index in [-0.39, 0.29) is 0 Å². The Labute approximate surface area is 100 Å². The Bertz CT molecular complexity index is 294. The molecule has 1 aliphatic rings. The van der Waals surface area contributed by atoms with E-state index in [2.05, 4.69) is 26.9 Å². The molecule has 0 aliphatic carbocycles. The Morgan fingerprint density at radius 1 is 1.44 bits per heavy atom. The van der Waals surface area contributed by atoms with Crippen LogP contribution >= 0.6 is 11.3 Å². The zero-order valence-electron chi connectivity index (χ0n) is 9.67. The molecular weight excluding hydrogens is 222 g/mol. The summed E-state index contributed by atoms with van der Waals surface area (Å²) in [6.07, 6.45) is 0. The topological polar surface area (TPSA) is 58.3 Å². The molecule has 0 saturated carbocycles. The van der Waals surface area contributed by atoms with Crippen LogP contribution in [0.3, 0.4) is 0 Å². The fourth-order valence-electron chi connectivity index (χ4n) is 1.94. The number of rotatable bonds is 4. The van der Waals surface area contributed by atoms with Crippen molar-refractivity contribution < 1.29 is 0 Å². The molecule has 1 unspecified atom stereocenters. The minimum atomic E-state index is 0.591. The van der Waals surface area contributed by atoms with E-state index in [4.69, 9.17) is 5.73 Å². The Morgan fingerprint density at radius 2 is 2.19 bits per heavy atom. The summed E-state index contributed by atoms with van der Waals surface area (Å²) in [6, 6.07) is 0. The molecule has 1 aliphatic heterocycles. The van der Waals surface area contributed by atoms with Crippen LogP contribution in [0.15, 0.2) is 5.51 Å². The maximum Gasteiger partial charge on any atom is 0.208 e. The molecule has 1 aromatic rings. The summed E-state index contributed by atoms with van der Waals surface area (Å²) in [7, 11) is 0. The third-order valence-electron chi connectivity index (χ3n) is 2.96. The van der Waals surface area contributed by atoms with E-state index in [0.29, 0.717) is 5.92 Å². The molecule has 2 heterocycles. The summed E-state index contributed by atoms with van der Waals surface area (Å²) in [5, 5.41) is 9.02. The molecule has 1 fully saturated rings. The molecule has 0 radical (unpaired) electrons. The second-order valence-corrected chi connectivity index (χ2v) is 5.16. The molecule has 0 bridgehead atoms. The highest BCUT2D eigenvalue weighted by molar-refractivity contribution is 7.13. The zero-order chi connectivity index (χ0) is 11.4. The smallest absolute Gasteiger partial charge is 0.208 e. The van der Waals surface area contributed by atoms with Gasteiger partial charge in [0.1, 0.15) is 5.51 Å². The number of piperazine rings is 1. The molecule has 0 aromatic carbocycles. The van der Waals surface area contributed by atoms with Crippen LogP contribution in [0, 0.1) is 5.92 Å². The highest BCUT2D eigenvalue weighted by Crippen LogP contribution is 2.17. The molecule has 2 rings (SSSR count). The van der Waals surface area contributed by atoms with Crippen molar-refractivity contribution in [2.75, 3.05) is 44.2 Å². The van der Waals surface area contributed by atoms with Gasteiger partial charge in [-0.3, -0.25) is 4.90 Å². The van der Waals surface area contributed by atoms with Crippen LogP contribution in [0.5, 0.6) is 0 Å². The van der Waals surface area contributed by atoms with Gasteiger partial charge in [-0.05, 0) is 12.5 Å². The normalized spacial score (nSPS) is 20.0. The summed E-state index contributed by atoms with van der Waals surface area (Å²) in [5.41, 5.74) is 7.43. The number of nitrogens with zero attached hydrogens (tertiary/aromatic N) is 4. The molecule has 0 amide bonds. The first-order valence-corrected chi connectivity index (χ1v) is 6.61. The molecule has 2 N–H and O–H groups in total. The average Bonchev–Trinajstić information content (AvgIpc) is 2.83. The molecule has 90 valence electrons. The Kier molecular flexibility index (Phi) is 4.09. The molecule has 0 spiro atoms. The van der Waals surface area contributed by atoms with Gasteiger partial charge in [0.15, 0.2) is 0 Å². The van der Waals surface area contributed by atoms with E-state index in [1.165, 1.54) is 0 Å². The van der Waals surface area contributed by atoms with Crippen molar-refractivity contribution in [3.8, 4) is 0 Å². The predicted molar refractivity (Wildman–Crippen MR) is 66.8 cm³/mol. The number of hydrogen-bond donors (Lipinski definition) is 1. The molecule has 6 heteroatoms. The molecule has 1 aromatic heterocycles. The summed E-state index contributed by atoms with van der Waals surface area (Å²) < 4.78 is 0. The van der Waals surface area contributed by atoms with Gasteiger partial charge in [-0.2, -0.15) is 0 Å². The monoisotopic (exact) mass is 241 g/mol. The molecule has 1 saturated heterocycles. The van der Waals surface area contributed by atoms with Crippen LogP contribution in [0.1, 0.15) is 6.92 Å². The lowest BCUT2D eigenvalue weighted by Gasteiger charge is -2.35. The lowest BCUT2D eigenvalue weighted by molar-refractivity contribution is 0.227. The van der Waals surface area contributed by atoms with Crippen molar-refractivity contribution in [3.05, 3.63) is 5.51 Å². The van der Waals surface area contributed by atoms with Gasteiger partial charge >= 0.3 is 0 Å². The third-order valence-corrected chi connectivity index (χ3v) is 3.71. The van der Waals surface area contributed by atoms with Crippen molar-refractivity contribution in [1.29, 1.82) is 0 Å². The van der Waals surface area contributed by atoms with Crippen LogP contribution in [-0.4, -0.2) is 54.4 Å². The number of hydrogen-bond acceptors (Lipinski definition) is 6. The first-order valence-electron chi connectivity index (χ1n) is 5.73. The average molecular weight is 241 g/mol. The van der Waals surface area contributed by atoms with E-state index < -0.39 is 0 Å². The van der Waals surface area contributed by atoms with Gasteiger partial charge in [-0.15, -0.1) is 10.2 Å². The fraction of sp³-hybridized carbons (Fsp3) is 0.800. The van der Waals surface area contributed by atoms with Gasteiger partial charge in [-0.25, -0.2) is 0 Å². The fourth-order valence-corrected chi connectivity index (χ4v) is 2.56. The van der Waals surface area contributed by atoms with E-state index in [9.17, 15) is 0 Å². The van der Waals surface area contributed by atoms with Crippen molar-refractivity contribution >= 4 is 16.5 Å². The van der Waals surface area contributed by atoms with E-state index in [0.717, 1.165) is 44.4 Å². The minimum Gasteiger partial charge on any atom is -0.344 e. The van der Waals surface area contributed by atoms with Crippen molar-refractivity contribution in [2.45, 2.75) is 6.92 Å². The highest BCUT2D eigenvalue weighted by Gasteiger charge is 2.19. The Hall–Kier alpha value is -0.720. The van der Waals surface area contributed by atoms with Crippen molar-refractivity contribution in [2.24, 2.45) is 11.7 Å². The van der Waals surface area contributed by atoms with Crippen LogP contribution in [0.2, 0.25) is 0 Å². The van der Waals surface area contributed by atoms with E-state index >= 15 is 0 Å². The Balaban J connectivity index is 1.78. The number of nitrogens with two attached hydrogens (primary N) is 1. The van der Waals surface area contributed by atoms with Crippen LogP contribution in [0.25, 0.3) is 0 Å². The second kappa shape index (κ2) is 5.56. The molecule has 1 atom stereocenters. The van der Waals surface area contributed by atoms with E-state index in [1.54, 1.807) is 16.8 Å². The van der Waals surface area contributed by atoms with Crippen molar-refractivity contribution in [3.63, 3.8) is 0 Å².